The Balaban J connectivity index is 1.77. The minimum absolute atomic E-state index is 0.0742. The number of nitrogens with zero attached hydrogens (tertiary/aromatic N) is 1. The van der Waals surface area contributed by atoms with Gasteiger partial charge in [-0.1, -0.05) is 30.3 Å². The van der Waals surface area contributed by atoms with Crippen LogP contribution < -0.4 is 5.32 Å². The van der Waals surface area contributed by atoms with Crippen LogP contribution in [0.2, 0.25) is 0 Å². The van der Waals surface area contributed by atoms with Crippen LogP contribution in [0, 0.1) is 13.8 Å². The number of thiazole rings is 1. The Morgan fingerprint density at radius 3 is 2.63 bits per heavy atom. The fraction of sp³-hybridized carbons (Fsp3) is 0.333. The van der Waals surface area contributed by atoms with E-state index >= 15 is 0 Å². The van der Waals surface area contributed by atoms with Crippen LogP contribution in [0.1, 0.15) is 21.1 Å². The smallest absolute Gasteiger partial charge is 0.224 e. The van der Waals surface area contributed by atoms with Crippen molar-refractivity contribution < 1.29 is 4.79 Å². The number of hydrogen-bond acceptors (Lipinski definition) is 3. The molecule has 3 nitrogen and oxygen atoms in total. The third-order valence-corrected chi connectivity index (χ3v) is 4.01. The van der Waals surface area contributed by atoms with Crippen molar-refractivity contribution >= 4 is 17.2 Å². The highest BCUT2D eigenvalue weighted by Gasteiger charge is 2.06. The van der Waals surface area contributed by atoms with E-state index in [1.54, 1.807) is 11.3 Å². The first-order valence-electron chi connectivity index (χ1n) is 6.38. The van der Waals surface area contributed by atoms with Crippen molar-refractivity contribution in [3.63, 3.8) is 0 Å². The van der Waals surface area contributed by atoms with Gasteiger partial charge < -0.3 is 5.32 Å². The lowest BCUT2D eigenvalue weighted by molar-refractivity contribution is -0.120. The molecule has 1 amide bonds. The molecule has 2 rings (SSSR count). The van der Waals surface area contributed by atoms with E-state index in [9.17, 15) is 4.79 Å². The number of aromatic nitrogens is 1. The van der Waals surface area contributed by atoms with E-state index in [4.69, 9.17) is 0 Å². The van der Waals surface area contributed by atoms with Gasteiger partial charge in [-0.05, 0) is 19.4 Å². The van der Waals surface area contributed by atoms with Crippen LogP contribution in [-0.2, 0) is 17.6 Å². The van der Waals surface area contributed by atoms with Crippen LogP contribution in [0.15, 0.2) is 30.3 Å². The van der Waals surface area contributed by atoms with Gasteiger partial charge in [0.05, 0.1) is 17.1 Å². The minimum atomic E-state index is 0.0742. The maximum absolute atomic E-state index is 11.8. The van der Waals surface area contributed by atoms with Crippen molar-refractivity contribution in [2.24, 2.45) is 0 Å². The highest BCUT2D eigenvalue weighted by molar-refractivity contribution is 7.11. The number of nitrogens with one attached hydrogen (secondary N) is 1. The predicted octanol–water partition coefficient (Wildman–Crippen LogP) is 2.66. The van der Waals surface area contributed by atoms with Gasteiger partial charge >= 0.3 is 0 Å². The molecule has 0 unspecified atom stereocenters. The number of benzene rings is 1. The number of rotatable bonds is 5. The zero-order valence-electron chi connectivity index (χ0n) is 11.3. The number of aryl methyl sites for hydroxylation is 2. The Labute approximate surface area is 117 Å². The standard InChI is InChI=1S/C15H18N2OS/c1-11-14(19-12(2)17-11)8-9-16-15(18)10-13-6-4-3-5-7-13/h3-7H,8-10H2,1-2H3,(H,16,18). The molecule has 0 bridgehead atoms. The molecule has 19 heavy (non-hydrogen) atoms. The molecule has 0 aliphatic heterocycles. The highest BCUT2D eigenvalue weighted by atomic mass is 32.1. The van der Waals surface area contributed by atoms with Gasteiger partial charge in [-0.25, -0.2) is 4.98 Å². The first-order valence-corrected chi connectivity index (χ1v) is 7.20. The van der Waals surface area contributed by atoms with Gasteiger partial charge in [0.2, 0.25) is 5.91 Å². The molecule has 0 spiro atoms. The average Bonchev–Trinajstić information content (AvgIpc) is 2.69. The molecule has 0 atom stereocenters. The van der Waals surface area contributed by atoms with Crippen molar-refractivity contribution in [3.05, 3.63) is 51.5 Å². The fourth-order valence-electron chi connectivity index (χ4n) is 1.96. The van der Waals surface area contributed by atoms with E-state index in [0.717, 1.165) is 22.7 Å². The number of carbonyl (C=O) groups is 1. The summed E-state index contributed by atoms with van der Waals surface area (Å²) in [6.45, 7) is 4.70. The molecular formula is C15H18N2OS. The summed E-state index contributed by atoms with van der Waals surface area (Å²) in [6, 6.07) is 9.79. The van der Waals surface area contributed by atoms with Crippen LogP contribution in [0.3, 0.4) is 0 Å². The molecule has 0 saturated heterocycles. The molecule has 100 valence electrons. The van der Waals surface area contributed by atoms with Crippen molar-refractivity contribution in [1.82, 2.24) is 10.3 Å². The van der Waals surface area contributed by atoms with Gasteiger partial charge in [-0.3, -0.25) is 4.79 Å². The molecule has 1 aromatic carbocycles. The summed E-state index contributed by atoms with van der Waals surface area (Å²) in [4.78, 5) is 17.4. The lowest BCUT2D eigenvalue weighted by Gasteiger charge is -2.04. The molecule has 0 radical (unpaired) electrons. The normalized spacial score (nSPS) is 10.4. The Kier molecular flexibility index (Phi) is 4.68. The van der Waals surface area contributed by atoms with Crippen molar-refractivity contribution in [2.45, 2.75) is 26.7 Å². The Bertz CT molecular complexity index is 549. The van der Waals surface area contributed by atoms with Crippen LogP contribution in [-0.4, -0.2) is 17.4 Å². The Hall–Kier alpha value is -1.68. The molecule has 1 heterocycles. The molecule has 2 aromatic rings. The van der Waals surface area contributed by atoms with Crippen molar-refractivity contribution in [1.29, 1.82) is 0 Å². The van der Waals surface area contributed by atoms with Crippen LogP contribution >= 0.6 is 11.3 Å². The molecule has 0 fully saturated rings. The maximum Gasteiger partial charge on any atom is 0.224 e. The summed E-state index contributed by atoms with van der Waals surface area (Å²) in [5.41, 5.74) is 2.13. The third-order valence-electron chi connectivity index (χ3n) is 2.88. The number of amides is 1. The van der Waals surface area contributed by atoms with Gasteiger partial charge in [0.1, 0.15) is 0 Å². The summed E-state index contributed by atoms with van der Waals surface area (Å²) >= 11 is 1.71. The van der Waals surface area contributed by atoms with Crippen molar-refractivity contribution in [2.75, 3.05) is 6.54 Å². The topological polar surface area (TPSA) is 42.0 Å². The number of carbonyl (C=O) groups excluding carboxylic acids is 1. The second kappa shape index (κ2) is 6.48. The van der Waals surface area contributed by atoms with E-state index in [-0.39, 0.29) is 5.91 Å². The molecule has 1 N–H and O–H groups in total. The van der Waals surface area contributed by atoms with Gasteiger partial charge in [-0.2, -0.15) is 0 Å². The number of hydrogen-bond donors (Lipinski definition) is 1. The molecule has 0 saturated carbocycles. The van der Waals surface area contributed by atoms with E-state index < -0.39 is 0 Å². The fourth-order valence-corrected chi connectivity index (χ4v) is 2.90. The van der Waals surface area contributed by atoms with Gasteiger partial charge in [0.15, 0.2) is 0 Å². The molecule has 0 aliphatic carbocycles. The zero-order valence-corrected chi connectivity index (χ0v) is 12.1. The highest BCUT2D eigenvalue weighted by Crippen LogP contribution is 2.17. The van der Waals surface area contributed by atoms with Gasteiger partial charge in [0, 0.05) is 17.8 Å². The van der Waals surface area contributed by atoms with Crippen LogP contribution in [0.25, 0.3) is 0 Å². The Morgan fingerprint density at radius 1 is 1.26 bits per heavy atom. The first kappa shape index (κ1) is 13.7. The predicted molar refractivity (Wildman–Crippen MR) is 78.4 cm³/mol. The lowest BCUT2D eigenvalue weighted by atomic mass is 10.1. The Morgan fingerprint density at radius 2 is 2.00 bits per heavy atom. The summed E-state index contributed by atoms with van der Waals surface area (Å²) in [5.74, 6) is 0.0742. The van der Waals surface area contributed by atoms with Crippen LogP contribution in [0.5, 0.6) is 0 Å². The van der Waals surface area contributed by atoms with E-state index in [2.05, 4.69) is 10.3 Å². The summed E-state index contributed by atoms with van der Waals surface area (Å²) in [6.07, 6.45) is 1.30. The second-order valence-corrected chi connectivity index (χ2v) is 5.79. The summed E-state index contributed by atoms with van der Waals surface area (Å²) < 4.78 is 0. The first-order chi connectivity index (χ1) is 9.15. The summed E-state index contributed by atoms with van der Waals surface area (Å²) in [5, 5.41) is 4.04. The average molecular weight is 274 g/mol. The molecule has 4 heteroatoms. The van der Waals surface area contributed by atoms with E-state index in [0.29, 0.717) is 13.0 Å². The monoisotopic (exact) mass is 274 g/mol. The second-order valence-electron chi connectivity index (χ2n) is 4.50. The SMILES string of the molecule is Cc1nc(C)c(CCNC(=O)Cc2ccccc2)s1. The van der Waals surface area contributed by atoms with E-state index in [1.165, 1.54) is 4.88 Å². The molecular weight excluding hydrogens is 256 g/mol. The van der Waals surface area contributed by atoms with Gasteiger partial charge in [-0.15, -0.1) is 11.3 Å². The van der Waals surface area contributed by atoms with E-state index in [1.807, 2.05) is 44.2 Å². The van der Waals surface area contributed by atoms with Gasteiger partial charge in [0.25, 0.3) is 0 Å². The van der Waals surface area contributed by atoms with Crippen LogP contribution in [0.4, 0.5) is 0 Å². The third kappa shape index (κ3) is 4.17. The molecule has 1 aromatic heterocycles. The minimum Gasteiger partial charge on any atom is -0.355 e. The maximum atomic E-state index is 11.8. The van der Waals surface area contributed by atoms with Crippen molar-refractivity contribution in [3.8, 4) is 0 Å². The lowest BCUT2D eigenvalue weighted by Crippen LogP contribution is -2.27. The molecule has 0 aliphatic rings. The summed E-state index contributed by atoms with van der Waals surface area (Å²) in [7, 11) is 0. The largest absolute Gasteiger partial charge is 0.355 e. The quantitative estimate of drug-likeness (QED) is 0.910. The zero-order chi connectivity index (χ0) is 13.7.